The molecule has 4 heteroatoms. The molecule has 4 nitrogen and oxygen atoms in total. The maximum absolute atomic E-state index is 5.73. The number of rotatable bonds is 11. The fourth-order valence-electron chi connectivity index (χ4n) is 2.73. The topological polar surface area (TPSA) is 39.7 Å². The first-order valence-electron chi connectivity index (χ1n) is 7.70. The van der Waals surface area contributed by atoms with Crippen molar-refractivity contribution in [1.82, 2.24) is 5.32 Å². The third-order valence-electron chi connectivity index (χ3n) is 3.90. The summed E-state index contributed by atoms with van der Waals surface area (Å²) in [5, 5.41) is 3.41. The van der Waals surface area contributed by atoms with E-state index in [2.05, 4.69) is 5.32 Å². The maximum atomic E-state index is 5.73. The Hall–Kier alpha value is -0.160. The van der Waals surface area contributed by atoms with Crippen LogP contribution in [0, 0.1) is 5.92 Å². The molecule has 1 aliphatic rings. The summed E-state index contributed by atoms with van der Waals surface area (Å²) in [6, 6.07) is 0.508. The number of hydrogen-bond acceptors (Lipinski definition) is 4. The van der Waals surface area contributed by atoms with E-state index in [0.717, 1.165) is 32.2 Å². The largest absolute Gasteiger partial charge is 0.385 e. The Kier molecular flexibility index (Phi) is 10.4. The average molecular weight is 273 g/mol. The van der Waals surface area contributed by atoms with Gasteiger partial charge in [0.1, 0.15) is 0 Å². The molecule has 1 N–H and O–H groups in total. The Bertz CT molecular complexity index is 196. The van der Waals surface area contributed by atoms with Crippen LogP contribution >= 0.6 is 0 Å². The van der Waals surface area contributed by atoms with E-state index >= 15 is 0 Å². The molecule has 0 aromatic heterocycles. The van der Waals surface area contributed by atoms with Crippen molar-refractivity contribution >= 4 is 0 Å². The molecule has 0 spiro atoms. The lowest BCUT2D eigenvalue weighted by Gasteiger charge is -2.29. The highest BCUT2D eigenvalue weighted by atomic mass is 16.5. The second-order valence-electron chi connectivity index (χ2n) is 5.33. The van der Waals surface area contributed by atoms with Crippen LogP contribution in [0.5, 0.6) is 0 Å². The summed E-state index contributed by atoms with van der Waals surface area (Å²) in [5.74, 6) is 0.793. The van der Waals surface area contributed by atoms with Gasteiger partial charge < -0.3 is 19.5 Å². The zero-order chi connectivity index (χ0) is 13.8. The molecular weight excluding hydrogens is 242 g/mol. The minimum Gasteiger partial charge on any atom is -0.385 e. The molecule has 0 aromatic carbocycles. The molecule has 0 aliphatic heterocycles. The SMILES string of the molecule is CNC(COCCOCCCOC)C1CCCCC1. The summed E-state index contributed by atoms with van der Waals surface area (Å²) in [4.78, 5) is 0. The molecule has 1 rings (SSSR count). The van der Waals surface area contributed by atoms with Gasteiger partial charge in [-0.25, -0.2) is 0 Å². The van der Waals surface area contributed by atoms with Gasteiger partial charge in [-0.1, -0.05) is 19.3 Å². The van der Waals surface area contributed by atoms with Crippen molar-refractivity contribution < 1.29 is 14.2 Å². The van der Waals surface area contributed by atoms with Gasteiger partial charge in [0, 0.05) is 26.4 Å². The first-order chi connectivity index (χ1) is 9.38. The monoisotopic (exact) mass is 273 g/mol. The average Bonchev–Trinajstić information content (AvgIpc) is 2.47. The molecule has 0 amide bonds. The number of hydrogen-bond donors (Lipinski definition) is 1. The highest BCUT2D eigenvalue weighted by Crippen LogP contribution is 2.26. The van der Waals surface area contributed by atoms with Gasteiger partial charge in [-0.05, 0) is 32.2 Å². The van der Waals surface area contributed by atoms with Crippen molar-refractivity contribution in [3.8, 4) is 0 Å². The normalized spacial score (nSPS) is 18.6. The molecule has 0 aromatic rings. The van der Waals surface area contributed by atoms with Crippen molar-refractivity contribution in [2.75, 3.05) is 47.2 Å². The Balaban J connectivity index is 1.96. The lowest BCUT2D eigenvalue weighted by atomic mass is 9.84. The third-order valence-corrected chi connectivity index (χ3v) is 3.90. The predicted molar refractivity (Wildman–Crippen MR) is 77.6 cm³/mol. The molecule has 0 bridgehead atoms. The molecule has 19 heavy (non-hydrogen) atoms. The van der Waals surface area contributed by atoms with Crippen LogP contribution in [0.4, 0.5) is 0 Å². The van der Waals surface area contributed by atoms with Crippen molar-refractivity contribution in [3.63, 3.8) is 0 Å². The minimum atomic E-state index is 0.508. The van der Waals surface area contributed by atoms with Gasteiger partial charge in [0.15, 0.2) is 0 Å². The van der Waals surface area contributed by atoms with Crippen LogP contribution in [-0.2, 0) is 14.2 Å². The van der Waals surface area contributed by atoms with E-state index in [9.17, 15) is 0 Å². The first kappa shape index (κ1) is 16.9. The van der Waals surface area contributed by atoms with E-state index in [1.165, 1.54) is 32.1 Å². The molecule has 1 aliphatic carbocycles. The van der Waals surface area contributed by atoms with E-state index in [1.54, 1.807) is 7.11 Å². The number of likely N-dealkylation sites (N-methyl/N-ethyl adjacent to an activating group) is 1. The highest BCUT2D eigenvalue weighted by molar-refractivity contribution is 4.77. The minimum absolute atomic E-state index is 0.508. The maximum Gasteiger partial charge on any atom is 0.0701 e. The van der Waals surface area contributed by atoms with E-state index in [1.807, 2.05) is 7.05 Å². The summed E-state index contributed by atoms with van der Waals surface area (Å²) in [6.07, 6.45) is 7.82. The molecule has 114 valence electrons. The zero-order valence-electron chi connectivity index (χ0n) is 12.7. The van der Waals surface area contributed by atoms with Gasteiger partial charge in [0.05, 0.1) is 19.8 Å². The number of ether oxygens (including phenoxy) is 3. The second-order valence-corrected chi connectivity index (χ2v) is 5.33. The van der Waals surface area contributed by atoms with Crippen molar-refractivity contribution in [2.24, 2.45) is 5.92 Å². The molecule has 1 atom stereocenters. The van der Waals surface area contributed by atoms with Crippen LogP contribution in [0.25, 0.3) is 0 Å². The third kappa shape index (κ3) is 7.88. The second kappa shape index (κ2) is 11.6. The molecule has 0 heterocycles. The Labute approximate surface area is 118 Å². The smallest absolute Gasteiger partial charge is 0.0701 e. The summed E-state index contributed by atoms with van der Waals surface area (Å²) in [6.45, 7) is 3.71. The Morgan fingerprint density at radius 1 is 1.00 bits per heavy atom. The van der Waals surface area contributed by atoms with E-state index in [4.69, 9.17) is 14.2 Å². The van der Waals surface area contributed by atoms with Gasteiger partial charge in [-0.2, -0.15) is 0 Å². The van der Waals surface area contributed by atoms with Gasteiger partial charge in [0.2, 0.25) is 0 Å². The van der Waals surface area contributed by atoms with E-state index < -0.39 is 0 Å². The van der Waals surface area contributed by atoms with Crippen LogP contribution in [0.3, 0.4) is 0 Å². The van der Waals surface area contributed by atoms with Crippen molar-refractivity contribution in [2.45, 2.75) is 44.6 Å². The van der Waals surface area contributed by atoms with Crippen molar-refractivity contribution in [1.29, 1.82) is 0 Å². The zero-order valence-corrected chi connectivity index (χ0v) is 12.7. The van der Waals surface area contributed by atoms with Crippen LogP contribution in [0.2, 0.25) is 0 Å². The summed E-state index contributed by atoms with van der Waals surface area (Å²) >= 11 is 0. The molecule has 0 radical (unpaired) electrons. The quantitative estimate of drug-likeness (QED) is 0.586. The first-order valence-corrected chi connectivity index (χ1v) is 7.70. The van der Waals surface area contributed by atoms with E-state index in [-0.39, 0.29) is 0 Å². The molecular formula is C15H31NO3. The Morgan fingerprint density at radius 2 is 1.74 bits per heavy atom. The lowest BCUT2D eigenvalue weighted by molar-refractivity contribution is 0.0250. The standard InChI is InChI=1S/C15H31NO3/c1-16-15(14-7-4-3-5-8-14)13-19-12-11-18-10-6-9-17-2/h14-16H,3-13H2,1-2H3. The molecule has 0 saturated heterocycles. The number of methoxy groups -OCH3 is 1. The van der Waals surface area contributed by atoms with Crippen LogP contribution in [0.1, 0.15) is 38.5 Å². The molecule has 1 fully saturated rings. The van der Waals surface area contributed by atoms with Gasteiger partial charge in [-0.3, -0.25) is 0 Å². The summed E-state index contributed by atoms with van der Waals surface area (Å²) in [5.41, 5.74) is 0. The van der Waals surface area contributed by atoms with Crippen molar-refractivity contribution in [3.05, 3.63) is 0 Å². The predicted octanol–water partition coefficient (Wildman–Crippen LogP) is 2.22. The highest BCUT2D eigenvalue weighted by Gasteiger charge is 2.22. The molecule has 1 unspecified atom stereocenters. The van der Waals surface area contributed by atoms with Crippen LogP contribution in [0.15, 0.2) is 0 Å². The number of nitrogens with one attached hydrogen (secondary N) is 1. The molecule has 1 saturated carbocycles. The fourth-order valence-corrected chi connectivity index (χ4v) is 2.73. The lowest BCUT2D eigenvalue weighted by Crippen LogP contribution is -2.39. The Morgan fingerprint density at radius 3 is 2.42 bits per heavy atom. The van der Waals surface area contributed by atoms with Crippen LogP contribution in [-0.4, -0.2) is 53.2 Å². The van der Waals surface area contributed by atoms with E-state index in [0.29, 0.717) is 19.3 Å². The van der Waals surface area contributed by atoms with Gasteiger partial charge >= 0.3 is 0 Å². The fraction of sp³-hybridized carbons (Fsp3) is 1.00. The van der Waals surface area contributed by atoms with Crippen LogP contribution < -0.4 is 5.32 Å². The van der Waals surface area contributed by atoms with Gasteiger partial charge in [-0.15, -0.1) is 0 Å². The summed E-state index contributed by atoms with van der Waals surface area (Å²) < 4.78 is 16.2. The van der Waals surface area contributed by atoms with Gasteiger partial charge in [0.25, 0.3) is 0 Å². The summed E-state index contributed by atoms with van der Waals surface area (Å²) in [7, 11) is 3.76.